The number of benzene rings is 3. The lowest BCUT2D eigenvalue weighted by atomic mass is 9.67. The number of carbonyl (C=O) groups is 1. The van der Waals surface area contributed by atoms with Crippen LogP contribution in [-0.2, 0) is 0 Å². The first-order chi connectivity index (χ1) is 15.6. The molecule has 5 rings (SSSR count). The fraction of sp³-hybridized carbons (Fsp3) is 0.148. The number of nitriles is 2. The van der Waals surface area contributed by atoms with Crippen molar-refractivity contribution in [1.82, 2.24) is 4.90 Å². The molecule has 2 aliphatic rings. The standard InChI is InChI=1S/C27H18ClN3O/c28-22-13-7-6-12-21(22)23-24(25(32)19-9-2-1-3-10-19)31-15-14-18-8-4-5-11-20(18)26(31)27(23,16-29)17-30/h1-15,23-24,26H/t23-,24+,26+/m1/s1. The number of nitrogens with zero attached hydrogens (tertiary/aromatic N) is 3. The van der Waals surface area contributed by atoms with Crippen molar-refractivity contribution in [3.8, 4) is 12.1 Å². The minimum atomic E-state index is -1.51. The smallest absolute Gasteiger partial charge is 0.185 e. The number of fused-ring (bicyclic) bond motifs is 3. The van der Waals surface area contributed by atoms with E-state index in [2.05, 4.69) is 12.1 Å². The summed E-state index contributed by atoms with van der Waals surface area (Å²) in [6, 6.07) is 27.2. The third-order valence-corrected chi connectivity index (χ3v) is 6.86. The summed E-state index contributed by atoms with van der Waals surface area (Å²) in [6.07, 6.45) is 3.78. The Labute approximate surface area is 191 Å². The molecule has 0 aromatic heterocycles. The molecule has 3 aromatic carbocycles. The minimum absolute atomic E-state index is 0.142. The van der Waals surface area contributed by atoms with Crippen LogP contribution in [0.15, 0.2) is 85.1 Å². The normalized spacial score (nSPS) is 22.3. The second kappa shape index (κ2) is 7.68. The maximum absolute atomic E-state index is 13.9. The number of halogens is 1. The molecule has 5 heteroatoms. The molecule has 2 heterocycles. The molecule has 2 aliphatic heterocycles. The Morgan fingerprint density at radius 1 is 0.875 bits per heavy atom. The lowest BCUT2D eigenvalue weighted by molar-refractivity contribution is 0.0875. The van der Waals surface area contributed by atoms with Crippen molar-refractivity contribution in [1.29, 1.82) is 10.5 Å². The van der Waals surface area contributed by atoms with Gasteiger partial charge in [0, 0.05) is 22.7 Å². The molecule has 3 aromatic rings. The molecule has 0 unspecified atom stereocenters. The van der Waals surface area contributed by atoms with Crippen LogP contribution >= 0.6 is 11.6 Å². The summed E-state index contributed by atoms with van der Waals surface area (Å²) in [6.45, 7) is 0. The SMILES string of the molecule is N#CC1(C#N)[C@H](c2ccccc2Cl)[C@@H](C(=O)c2ccccc2)N2C=Cc3ccccc3[C@H]21. The Bertz CT molecular complexity index is 1300. The maximum Gasteiger partial charge on any atom is 0.185 e. The van der Waals surface area contributed by atoms with Gasteiger partial charge in [0.05, 0.1) is 18.2 Å². The summed E-state index contributed by atoms with van der Waals surface area (Å²) in [5.41, 5.74) is 1.45. The van der Waals surface area contributed by atoms with Gasteiger partial charge >= 0.3 is 0 Å². The molecule has 0 saturated carbocycles. The average Bonchev–Trinajstić information content (AvgIpc) is 3.15. The Morgan fingerprint density at radius 2 is 1.50 bits per heavy atom. The monoisotopic (exact) mass is 435 g/mol. The van der Waals surface area contributed by atoms with E-state index in [-0.39, 0.29) is 5.78 Å². The fourth-order valence-corrected chi connectivity index (χ4v) is 5.39. The van der Waals surface area contributed by atoms with Crippen molar-refractivity contribution in [3.05, 3.63) is 112 Å². The average molecular weight is 436 g/mol. The van der Waals surface area contributed by atoms with E-state index in [1.807, 2.05) is 71.8 Å². The van der Waals surface area contributed by atoms with Gasteiger partial charge < -0.3 is 4.90 Å². The van der Waals surface area contributed by atoms with Crippen molar-refractivity contribution in [2.45, 2.75) is 18.0 Å². The van der Waals surface area contributed by atoms with E-state index in [0.29, 0.717) is 16.1 Å². The predicted octanol–water partition coefficient (Wildman–Crippen LogP) is 5.75. The first-order valence-corrected chi connectivity index (χ1v) is 10.7. The van der Waals surface area contributed by atoms with Crippen LogP contribution in [0.25, 0.3) is 6.08 Å². The molecule has 32 heavy (non-hydrogen) atoms. The van der Waals surface area contributed by atoms with Crippen molar-refractivity contribution in [3.63, 3.8) is 0 Å². The molecule has 4 nitrogen and oxygen atoms in total. The van der Waals surface area contributed by atoms with Crippen LogP contribution in [-0.4, -0.2) is 16.7 Å². The van der Waals surface area contributed by atoms with E-state index in [4.69, 9.17) is 11.6 Å². The molecule has 0 radical (unpaired) electrons. The Hall–Kier alpha value is -3.86. The largest absolute Gasteiger partial charge is 0.357 e. The summed E-state index contributed by atoms with van der Waals surface area (Å²) >= 11 is 6.59. The molecular formula is C27H18ClN3O. The second-order valence-corrected chi connectivity index (χ2v) is 8.47. The van der Waals surface area contributed by atoms with Gasteiger partial charge in [-0.25, -0.2) is 0 Å². The first-order valence-electron chi connectivity index (χ1n) is 10.3. The van der Waals surface area contributed by atoms with Gasteiger partial charge in [-0.1, -0.05) is 84.4 Å². The number of Topliss-reactive ketones (excluding diaryl/α,β-unsaturated/α-hetero) is 1. The van der Waals surface area contributed by atoms with Crippen LogP contribution in [0.1, 0.15) is 39.0 Å². The van der Waals surface area contributed by atoms with E-state index in [0.717, 1.165) is 11.1 Å². The fourth-order valence-electron chi connectivity index (χ4n) is 5.14. The minimum Gasteiger partial charge on any atom is -0.357 e. The van der Waals surface area contributed by atoms with Crippen molar-refractivity contribution < 1.29 is 4.79 Å². The zero-order valence-corrected chi connectivity index (χ0v) is 17.8. The first kappa shape index (κ1) is 20.1. The summed E-state index contributed by atoms with van der Waals surface area (Å²) in [7, 11) is 0. The molecule has 0 N–H and O–H groups in total. The second-order valence-electron chi connectivity index (χ2n) is 8.06. The summed E-state index contributed by atoms with van der Waals surface area (Å²) in [5, 5.41) is 21.4. The van der Waals surface area contributed by atoms with E-state index in [9.17, 15) is 15.3 Å². The highest BCUT2D eigenvalue weighted by atomic mass is 35.5. The van der Waals surface area contributed by atoms with Crippen LogP contribution in [0.3, 0.4) is 0 Å². The Balaban J connectivity index is 1.80. The molecule has 3 atom stereocenters. The van der Waals surface area contributed by atoms with Gasteiger partial charge in [-0.3, -0.25) is 4.79 Å². The molecule has 0 amide bonds. The van der Waals surface area contributed by atoms with Gasteiger partial charge in [-0.15, -0.1) is 0 Å². The molecule has 1 saturated heterocycles. The zero-order chi connectivity index (χ0) is 22.3. The molecular weight excluding hydrogens is 418 g/mol. The molecule has 1 fully saturated rings. The van der Waals surface area contributed by atoms with Crippen LogP contribution in [0.4, 0.5) is 0 Å². The number of rotatable bonds is 3. The summed E-state index contributed by atoms with van der Waals surface area (Å²) in [5.74, 6) is -0.878. The lowest BCUT2D eigenvalue weighted by Crippen LogP contribution is -2.37. The topological polar surface area (TPSA) is 67.9 Å². The van der Waals surface area contributed by atoms with Crippen LogP contribution in [0.5, 0.6) is 0 Å². The van der Waals surface area contributed by atoms with Gasteiger partial charge in [0.1, 0.15) is 6.04 Å². The predicted molar refractivity (Wildman–Crippen MR) is 122 cm³/mol. The van der Waals surface area contributed by atoms with Gasteiger partial charge in [0.15, 0.2) is 11.2 Å². The van der Waals surface area contributed by atoms with Crippen LogP contribution < -0.4 is 0 Å². The maximum atomic E-state index is 13.9. The molecule has 0 aliphatic carbocycles. The number of hydrogen-bond donors (Lipinski definition) is 0. The van der Waals surface area contributed by atoms with Crippen LogP contribution in [0.2, 0.25) is 5.02 Å². The molecule has 154 valence electrons. The molecule has 0 bridgehead atoms. The Morgan fingerprint density at radius 3 is 2.19 bits per heavy atom. The number of ketones is 1. The van der Waals surface area contributed by atoms with Crippen molar-refractivity contribution in [2.75, 3.05) is 0 Å². The number of hydrogen-bond acceptors (Lipinski definition) is 4. The van der Waals surface area contributed by atoms with Gasteiger partial charge in [-0.2, -0.15) is 10.5 Å². The van der Waals surface area contributed by atoms with Gasteiger partial charge in [-0.05, 0) is 28.8 Å². The van der Waals surface area contributed by atoms with Gasteiger partial charge in [0.2, 0.25) is 0 Å². The van der Waals surface area contributed by atoms with E-state index in [1.165, 1.54) is 0 Å². The quantitative estimate of drug-likeness (QED) is 0.491. The number of carbonyl (C=O) groups excluding carboxylic acids is 1. The summed E-state index contributed by atoms with van der Waals surface area (Å²) in [4.78, 5) is 15.8. The van der Waals surface area contributed by atoms with Crippen LogP contribution in [0, 0.1) is 28.1 Å². The molecule has 0 spiro atoms. The van der Waals surface area contributed by atoms with E-state index < -0.39 is 23.4 Å². The Kier molecular flexibility index (Phi) is 4.82. The van der Waals surface area contributed by atoms with E-state index >= 15 is 0 Å². The van der Waals surface area contributed by atoms with E-state index in [1.54, 1.807) is 24.3 Å². The third kappa shape index (κ3) is 2.78. The zero-order valence-electron chi connectivity index (χ0n) is 17.0. The highest BCUT2D eigenvalue weighted by Gasteiger charge is 2.64. The lowest BCUT2D eigenvalue weighted by Gasteiger charge is -2.34. The highest BCUT2D eigenvalue weighted by Crippen LogP contribution is 2.60. The van der Waals surface area contributed by atoms with Gasteiger partial charge in [0.25, 0.3) is 0 Å². The van der Waals surface area contributed by atoms with Crippen molar-refractivity contribution in [2.24, 2.45) is 5.41 Å². The third-order valence-electron chi connectivity index (χ3n) is 6.51. The highest BCUT2D eigenvalue weighted by molar-refractivity contribution is 6.31. The van der Waals surface area contributed by atoms with Crippen molar-refractivity contribution >= 4 is 23.5 Å². The summed E-state index contributed by atoms with van der Waals surface area (Å²) < 4.78 is 0.